The minimum atomic E-state index is 0.582. The van der Waals surface area contributed by atoms with E-state index in [4.69, 9.17) is 0 Å². The van der Waals surface area contributed by atoms with E-state index >= 15 is 0 Å². The smallest absolute Gasteiger partial charge is 0.0218 e. The minimum Gasteiger partial charge on any atom is -0.314 e. The number of nitrogens with one attached hydrogen (secondary N) is 2. The molecule has 2 heterocycles. The van der Waals surface area contributed by atoms with E-state index in [0.29, 0.717) is 18.1 Å². The molecule has 19 heavy (non-hydrogen) atoms. The summed E-state index contributed by atoms with van der Waals surface area (Å²) < 4.78 is 0. The van der Waals surface area contributed by atoms with Gasteiger partial charge in [0, 0.05) is 24.2 Å². The Kier molecular flexibility index (Phi) is 6.11. The lowest BCUT2D eigenvalue weighted by Crippen LogP contribution is -2.55. The molecule has 0 aromatic rings. The fourth-order valence-electron chi connectivity index (χ4n) is 3.71. The highest BCUT2D eigenvalue weighted by atomic mass is 15.5. The molecule has 0 spiro atoms. The SMILES string of the molecule is CC(CC1CCCCCN1)NN1C(C)CCCC1C. The van der Waals surface area contributed by atoms with Crippen molar-refractivity contribution in [2.75, 3.05) is 6.54 Å². The third-order valence-corrected chi connectivity index (χ3v) is 4.86. The molecule has 2 fully saturated rings. The predicted molar refractivity (Wildman–Crippen MR) is 82.1 cm³/mol. The Morgan fingerprint density at radius 3 is 2.53 bits per heavy atom. The van der Waals surface area contributed by atoms with Crippen LogP contribution in [0.2, 0.25) is 0 Å². The van der Waals surface area contributed by atoms with Crippen molar-refractivity contribution in [1.29, 1.82) is 0 Å². The average Bonchev–Trinajstić information content (AvgIpc) is 2.63. The van der Waals surface area contributed by atoms with E-state index in [1.165, 1.54) is 57.9 Å². The molecule has 112 valence electrons. The van der Waals surface area contributed by atoms with E-state index < -0.39 is 0 Å². The summed E-state index contributed by atoms with van der Waals surface area (Å²) >= 11 is 0. The number of nitrogens with zero attached hydrogens (tertiary/aromatic N) is 1. The van der Waals surface area contributed by atoms with Gasteiger partial charge < -0.3 is 5.32 Å². The van der Waals surface area contributed by atoms with Crippen LogP contribution in [0, 0.1) is 0 Å². The molecule has 0 radical (unpaired) electrons. The molecule has 2 N–H and O–H groups in total. The highest BCUT2D eigenvalue weighted by Gasteiger charge is 2.26. The van der Waals surface area contributed by atoms with Gasteiger partial charge in [0.05, 0.1) is 0 Å². The molecular weight excluding hydrogens is 234 g/mol. The molecule has 3 heteroatoms. The van der Waals surface area contributed by atoms with Crippen molar-refractivity contribution >= 4 is 0 Å². The number of piperidine rings is 1. The summed E-state index contributed by atoms with van der Waals surface area (Å²) in [5.74, 6) is 0. The Hall–Kier alpha value is -0.120. The van der Waals surface area contributed by atoms with Crippen LogP contribution in [0.1, 0.15) is 72.1 Å². The molecule has 3 nitrogen and oxygen atoms in total. The summed E-state index contributed by atoms with van der Waals surface area (Å²) in [5, 5.41) is 6.23. The van der Waals surface area contributed by atoms with Crippen LogP contribution < -0.4 is 10.7 Å². The second-order valence-electron chi connectivity index (χ2n) is 6.80. The Balaban J connectivity index is 1.77. The summed E-state index contributed by atoms with van der Waals surface area (Å²) in [7, 11) is 0. The second kappa shape index (κ2) is 7.61. The van der Waals surface area contributed by atoms with E-state index in [1.807, 2.05) is 0 Å². The number of rotatable bonds is 4. The first-order valence-electron chi connectivity index (χ1n) is 8.44. The molecule has 0 bridgehead atoms. The summed E-state index contributed by atoms with van der Waals surface area (Å²) in [6, 6.07) is 2.68. The molecular formula is C16H33N3. The van der Waals surface area contributed by atoms with E-state index in [9.17, 15) is 0 Å². The lowest BCUT2D eigenvalue weighted by molar-refractivity contribution is 0.0292. The van der Waals surface area contributed by atoms with E-state index in [2.05, 4.69) is 36.5 Å². The second-order valence-corrected chi connectivity index (χ2v) is 6.80. The van der Waals surface area contributed by atoms with Gasteiger partial charge >= 0.3 is 0 Å². The van der Waals surface area contributed by atoms with Gasteiger partial charge in [-0.1, -0.05) is 19.3 Å². The lowest BCUT2D eigenvalue weighted by Gasteiger charge is -2.41. The fourth-order valence-corrected chi connectivity index (χ4v) is 3.71. The first kappa shape index (κ1) is 15.3. The summed E-state index contributed by atoms with van der Waals surface area (Å²) in [4.78, 5) is 0. The summed E-state index contributed by atoms with van der Waals surface area (Å²) in [6.07, 6.45) is 10.9. The third kappa shape index (κ3) is 4.73. The van der Waals surface area contributed by atoms with Crippen LogP contribution in [0.5, 0.6) is 0 Å². The zero-order valence-corrected chi connectivity index (χ0v) is 13.1. The molecule has 2 aliphatic rings. The highest BCUT2D eigenvalue weighted by molar-refractivity contribution is 4.80. The number of hydrogen-bond acceptors (Lipinski definition) is 3. The quantitative estimate of drug-likeness (QED) is 0.820. The first-order chi connectivity index (χ1) is 9.16. The fraction of sp³-hybridized carbons (Fsp3) is 1.00. The standard InChI is InChI=1S/C16H33N3/c1-13(12-16-10-5-4-6-11-17-16)18-19-14(2)8-7-9-15(19)3/h13-18H,4-12H2,1-3H3. The van der Waals surface area contributed by atoms with Gasteiger partial charge in [0.2, 0.25) is 0 Å². The molecule has 2 rings (SSSR count). The summed E-state index contributed by atoms with van der Waals surface area (Å²) in [6.45, 7) is 8.28. The van der Waals surface area contributed by atoms with Gasteiger partial charge in [-0.15, -0.1) is 0 Å². The van der Waals surface area contributed by atoms with Crippen molar-refractivity contribution in [3.05, 3.63) is 0 Å². The van der Waals surface area contributed by atoms with Gasteiger partial charge in [-0.3, -0.25) is 5.43 Å². The Labute approximate surface area is 119 Å². The maximum Gasteiger partial charge on any atom is 0.0218 e. The van der Waals surface area contributed by atoms with Crippen molar-refractivity contribution in [2.24, 2.45) is 0 Å². The molecule has 2 aliphatic heterocycles. The van der Waals surface area contributed by atoms with Gasteiger partial charge in [-0.25, -0.2) is 5.01 Å². The number of hydrogen-bond donors (Lipinski definition) is 2. The maximum atomic E-state index is 3.78. The predicted octanol–water partition coefficient (Wildman–Crippen LogP) is 3.06. The Bertz CT molecular complexity index is 238. The van der Waals surface area contributed by atoms with Gasteiger partial charge in [0.25, 0.3) is 0 Å². The molecule has 0 saturated carbocycles. The van der Waals surface area contributed by atoms with Gasteiger partial charge in [0.1, 0.15) is 0 Å². The van der Waals surface area contributed by atoms with Crippen LogP contribution in [0.25, 0.3) is 0 Å². The van der Waals surface area contributed by atoms with Crippen LogP contribution in [0.15, 0.2) is 0 Å². The van der Waals surface area contributed by atoms with E-state index in [0.717, 1.165) is 6.04 Å². The summed E-state index contributed by atoms with van der Waals surface area (Å²) in [5.41, 5.74) is 3.78. The van der Waals surface area contributed by atoms with Crippen LogP contribution in [-0.4, -0.2) is 35.7 Å². The Morgan fingerprint density at radius 2 is 1.79 bits per heavy atom. The largest absolute Gasteiger partial charge is 0.314 e. The molecule has 0 aromatic carbocycles. The lowest BCUT2D eigenvalue weighted by atomic mass is 9.99. The zero-order valence-electron chi connectivity index (χ0n) is 13.1. The third-order valence-electron chi connectivity index (χ3n) is 4.86. The van der Waals surface area contributed by atoms with Crippen molar-refractivity contribution in [3.8, 4) is 0 Å². The van der Waals surface area contributed by atoms with Gasteiger partial charge in [-0.2, -0.15) is 0 Å². The molecule has 0 aliphatic carbocycles. The van der Waals surface area contributed by atoms with Crippen molar-refractivity contribution in [1.82, 2.24) is 15.8 Å². The zero-order chi connectivity index (χ0) is 13.7. The van der Waals surface area contributed by atoms with Crippen LogP contribution in [0.3, 0.4) is 0 Å². The van der Waals surface area contributed by atoms with Crippen molar-refractivity contribution in [3.63, 3.8) is 0 Å². The van der Waals surface area contributed by atoms with Crippen molar-refractivity contribution in [2.45, 2.75) is 96.3 Å². The first-order valence-corrected chi connectivity index (χ1v) is 8.44. The maximum absolute atomic E-state index is 3.78. The Morgan fingerprint density at radius 1 is 1.05 bits per heavy atom. The van der Waals surface area contributed by atoms with E-state index in [1.54, 1.807) is 0 Å². The molecule has 0 amide bonds. The molecule has 4 unspecified atom stereocenters. The van der Waals surface area contributed by atoms with Crippen LogP contribution in [-0.2, 0) is 0 Å². The van der Waals surface area contributed by atoms with Gasteiger partial charge in [-0.05, 0) is 59.4 Å². The van der Waals surface area contributed by atoms with Crippen LogP contribution in [0.4, 0.5) is 0 Å². The molecule has 0 aromatic heterocycles. The highest BCUT2D eigenvalue weighted by Crippen LogP contribution is 2.21. The normalized spacial score (nSPS) is 35.8. The minimum absolute atomic E-state index is 0.582. The molecule has 2 saturated heterocycles. The number of hydrazine groups is 1. The van der Waals surface area contributed by atoms with Crippen LogP contribution >= 0.6 is 0 Å². The molecule has 4 atom stereocenters. The van der Waals surface area contributed by atoms with Crippen molar-refractivity contribution < 1.29 is 0 Å². The van der Waals surface area contributed by atoms with E-state index in [-0.39, 0.29) is 0 Å². The average molecular weight is 267 g/mol. The van der Waals surface area contributed by atoms with Gasteiger partial charge in [0.15, 0.2) is 0 Å². The topological polar surface area (TPSA) is 27.3 Å². The monoisotopic (exact) mass is 267 g/mol.